The highest BCUT2D eigenvalue weighted by molar-refractivity contribution is 6.39. The number of hydrogen-bond donors (Lipinski definition) is 2. The highest BCUT2D eigenvalue weighted by atomic mass is 35.5. The number of benzene rings is 1. The predicted molar refractivity (Wildman–Crippen MR) is 158 cm³/mol. The molecule has 3 aromatic rings. The van der Waals surface area contributed by atoms with Gasteiger partial charge in [-0.25, -0.2) is 9.78 Å². The lowest BCUT2D eigenvalue weighted by molar-refractivity contribution is -0.141. The number of halogens is 5. The number of pyridine rings is 1. The van der Waals surface area contributed by atoms with E-state index in [4.69, 9.17) is 27.6 Å². The van der Waals surface area contributed by atoms with Crippen LogP contribution in [0.5, 0.6) is 0 Å². The van der Waals surface area contributed by atoms with E-state index in [0.717, 1.165) is 12.8 Å². The summed E-state index contributed by atoms with van der Waals surface area (Å²) in [4.78, 5) is 39.0. The molecule has 10 nitrogen and oxygen atoms in total. The van der Waals surface area contributed by atoms with Crippen LogP contribution in [0.3, 0.4) is 0 Å². The average molecular weight is 640 g/mol. The second kappa shape index (κ2) is 12.9. The zero-order valence-electron chi connectivity index (χ0n) is 23.3. The van der Waals surface area contributed by atoms with Crippen LogP contribution in [-0.4, -0.2) is 66.1 Å². The molecule has 0 aliphatic carbocycles. The zero-order valence-corrected chi connectivity index (χ0v) is 24.8. The van der Waals surface area contributed by atoms with Crippen molar-refractivity contribution in [2.45, 2.75) is 32.4 Å². The van der Waals surface area contributed by atoms with Crippen molar-refractivity contribution in [3.63, 3.8) is 0 Å². The number of para-hydroxylation sites is 1. The fraction of sp³-hybridized carbons (Fsp3) is 0.429. The van der Waals surface area contributed by atoms with Crippen molar-refractivity contribution in [1.29, 1.82) is 0 Å². The molecule has 4 heterocycles. The van der Waals surface area contributed by atoms with Crippen LogP contribution in [0, 0.1) is 5.92 Å². The summed E-state index contributed by atoms with van der Waals surface area (Å²) in [6.45, 7) is 4.99. The molecule has 2 saturated heterocycles. The van der Waals surface area contributed by atoms with Gasteiger partial charge in [0.1, 0.15) is 5.82 Å². The van der Waals surface area contributed by atoms with Crippen molar-refractivity contribution in [3.05, 3.63) is 58.0 Å². The third kappa shape index (κ3) is 7.27. The molecule has 0 bridgehead atoms. The van der Waals surface area contributed by atoms with Crippen LogP contribution in [0.2, 0.25) is 10.0 Å². The van der Waals surface area contributed by atoms with Gasteiger partial charge in [0.25, 0.3) is 11.9 Å². The second-order valence-corrected chi connectivity index (χ2v) is 11.4. The number of piperidine rings is 1. The third-order valence-corrected chi connectivity index (χ3v) is 7.96. The van der Waals surface area contributed by atoms with E-state index in [1.807, 2.05) is 11.8 Å². The van der Waals surface area contributed by atoms with Gasteiger partial charge >= 0.3 is 12.2 Å². The maximum absolute atomic E-state index is 13.7. The second-order valence-electron chi connectivity index (χ2n) is 10.6. The Labute approximate surface area is 256 Å². The molecule has 2 aliphatic rings. The topological polar surface area (TPSA) is 107 Å². The standard InChI is InChI=1S/C28H30Cl2F3N7O3/c1-17-5-3-10-40(16-17)27-37-24(28(31,32)33)23(43-27)25(41)35-18-8-9-21(34-15-18)38-11-4-12-39(14-13-38)26(42)36-22-19(29)6-2-7-20(22)30/h2,6-9,15,17H,3-5,10-14,16H2,1H3,(H,35,41)(H,36,42). The molecule has 2 fully saturated rings. The summed E-state index contributed by atoms with van der Waals surface area (Å²) in [6, 6.07) is 7.63. The van der Waals surface area contributed by atoms with E-state index in [9.17, 15) is 22.8 Å². The van der Waals surface area contributed by atoms with E-state index in [1.54, 1.807) is 40.1 Å². The number of urea groups is 1. The minimum Gasteiger partial charge on any atom is -0.417 e. The van der Waals surface area contributed by atoms with Gasteiger partial charge in [-0.05, 0) is 49.4 Å². The Morgan fingerprint density at radius 3 is 2.40 bits per heavy atom. The first-order valence-corrected chi connectivity index (χ1v) is 14.6. The van der Waals surface area contributed by atoms with Gasteiger partial charge in [-0.1, -0.05) is 36.2 Å². The molecule has 230 valence electrons. The van der Waals surface area contributed by atoms with Crippen LogP contribution in [0.1, 0.15) is 42.4 Å². The van der Waals surface area contributed by atoms with Crippen LogP contribution in [0.4, 0.5) is 41.2 Å². The monoisotopic (exact) mass is 639 g/mol. The number of nitrogens with one attached hydrogen (secondary N) is 2. The van der Waals surface area contributed by atoms with E-state index in [-0.39, 0.29) is 23.7 Å². The molecular formula is C28H30Cl2F3N7O3. The van der Waals surface area contributed by atoms with Crippen LogP contribution >= 0.6 is 23.2 Å². The summed E-state index contributed by atoms with van der Waals surface area (Å²) < 4.78 is 46.6. The summed E-state index contributed by atoms with van der Waals surface area (Å²) in [6.07, 6.45) is -1.09. The lowest BCUT2D eigenvalue weighted by Gasteiger charge is -2.29. The Morgan fingerprint density at radius 2 is 1.72 bits per heavy atom. The number of carbonyl (C=O) groups excluding carboxylic acids is 2. The number of amides is 3. The van der Waals surface area contributed by atoms with Gasteiger partial charge in [-0.15, -0.1) is 0 Å². The van der Waals surface area contributed by atoms with Crippen molar-refractivity contribution < 1.29 is 27.2 Å². The SMILES string of the molecule is CC1CCCN(c2nc(C(F)(F)F)c(C(=O)Nc3ccc(N4CCCN(C(=O)Nc5c(Cl)cccc5Cl)CC4)nc3)o2)C1. The number of anilines is 4. The molecular weight excluding hydrogens is 610 g/mol. The Kier molecular flexibility index (Phi) is 9.21. The summed E-state index contributed by atoms with van der Waals surface area (Å²) in [5.74, 6) is -1.10. The van der Waals surface area contributed by atoms with E-state index < -0.39 is 23.5 Å². The van der Waals surface area contributed by atoms with Crippen LogP contribution in [0.25, 0.3) is 0 Å². The van der Waals surface area contributed by atoms with E-state index >= 15 is 0 Å². The predicted octanol–water partition coefficient (Wildman–Crippen LogP) is 6.63. The molecule has 0 radical (unpaired) electrons. The number of hydrogen-bond acceptors (Lipinski definition) is 7. The maximum Gasteiger partial charge on any atom is 0.437 e. The Hall–Kier alpha value is -3.71. The molecule has 1 atom stereocenters. The molecule has 15 heteroatoms. The fourth-order valence-corrected chi connectivity index (χ4v) is 5.63. The van der Waals surface area contributed by atoms with Crippen molar-refractivity contribution in [2.24, 2.45) is 5.92 Å². The van der Waals surface area contributed by atoms with Gasteiger partial charge < -0.3 is 29.8 Å². The first-order chi connectivity index (χ1) is 20.5. The van der Waals surface area contributed by atoms with Gasteiger partial charge in [0, 0.05) is 39.3 Å². The number of oxazole rings is 1. The van der Waals surface area contributed by atoms with Crippen molar-refractivity contribution in [3.8, 4) is 0 Å². The summed E-state index contributed by atoms with van der Waals surface area (Å²) in [7, 11) is 0. The maximum atomic E-state index is 13.7. The fourth-order valence-electron chi connectivity index (χ4n) is 5.14. The summed E-state index contributed by atoms with van der Waals surface area (Å²) in [5, 5.41) is 5.88. The molecule has 0 saturated carbocycles. The number of nitrogens with zero attached hydrogens (tertiary/aromatic N) is 5. The van der Waals surface area contributed by atoms with Crippen molar-refractivity contribution in [1.82, 2.24) is 14.9 Å². The molecule has 1 unspecified atom stereocenters. The smallest absolute Gasteiger partial charge is 0.417 e. The van der Waals surface area contributed by atoms with Crippen molar-refractivity contribution >= 4 is 58.3 Å². The molecule has 0 spiro atoms. The largest absolute Gasteiger partial charge is 0.437 e. The van der Waals surface area contributed by atoms with Crippen LogP contribution in [0.15, 0.2) is 40.9 Å². The minimum atomic E-state index is -4.87. The van der Waals surface area contributed by atoms with Crippen molar-refractivity contribution in [2.75, 3.05) is 59.7 Å². The first-order valence-electron chi connectivity index (χ1n) is 13.8. The summed E-state index contributed by atoms with van der Waals surface area (Å²) >= 11 is 12.3. The Morgan fingerprint density at radius 1 is 0.977 bits per heavy atom. The van der Waals surface area contributed by atoms with Crippen LogP contribution < -0.4 is 20.4 Å². The number of aromatic nitrogens is 2. The van der Waals surface area contributed by atoms with E-state index in [1.165, 1.54) is 6.20 Å². The molecule has 5 rings (SSSR count). The summed E-state index contributed by atoms with van der Waals surface area (Å²) in [5.41, 5.74) is -0.821. The molecule has 2 aromatic heterocycles. The van der Waals surface area contributed by atoms with E-state index in [0.29, 0.717) is 67.2 Å². The van der Waals surface area contributed by atoms with E-state index in [2.05, 4.69) is 20.6 Å². The lowest BCUT2D eigenvalue weighted by Crippen LogP contribution is -2.38. The van der Waals surface area contributed by atoms with Gasteiger partial charge in [-0.3, -0.25) is 4.79 Å². The molecule has 3 amide bonds. The quantitative estimate of drug-likeness (QED) is 0.323. The van der Waals surface area contributed by atoms with Crippen LogP contribution in [-0.2, 0) is 6.18 Å². The molecule has 2 aliphatic heterocycles. The Bertz CT molecular complexity index is 1450. The number of alkyl halides is 3. The highest BCUT2D eigenvalue weighted by Gasteiger charge is 2.42. The average Bonchev–Trinajstić information content (AvgIpc) is 3.29. The minimum absolute atomic E-state index is 0.193. The zero-order chi connectivity index (χ0) is 30.7. The lowest BCUT2D eigenvalue weighted by atomic mass is 10.0. The van der Waals surface area contributed by atoms with Gasteiger partial charge in [0.05, 0.1) is 27.6 Å². The number of rotatable bonds is 5. The Balaban J connectivity index is 1.22. The van der Waals surface area contributed by atoms with Gasteiger partial charge in [0.15, 0.2) is 5.69 Å². The highest BCUT2D eigenvalue weighted by Crippen LogP contribution is 2.35. The number of carbonyl (C=O) groups is 2. The normalized spacial score (nSPS) is 17.9. The molecule has 1 aromatic carbocycles. The first kappa shape index (κ1) is 30.7. The molecule has 43 heavy (non-hydrogen) atoms. The van der Waals surface area contributed by atoms with Gasteiger partial charge in [-0.2, -0.15) is 18.2 Å². The molecule has 2 N–H and O–H groups in total. The third-order valence-electron chi connectivity index (χ3n) is 7.33. The van der Waals surface area contributed by atoms with Gasteiger partial charge in [0.2, 0.25) is 5.76 Å².